The van der Waals surface area contributed by atoms with Gasteiger partial charge in [-0.2, -0.15) is 17.0 Å². The van der Waals surface area contributed by atoms with E-state index in [1.165, 1.54) is 0 Å². The van der Waals surface area contributed by atoms with E-state index in [9.17, 15) is 4.79 Å². The van der Waals surface area contributed by atoms with Gasteiger partial charge in [0.1, 0.15) is 0 Å². The number of nitriles is 1. The van der Waals surface area contributed by atoms with Crippen molar-refractivity contribution in [2.24, 2.45) is 0 Å². The molecule has 17 heavy (non-hydrogen) atoms. The summed E-state index contributed by atoms with van der Waals surface area (Å²) >= 11 is 1.78. The molecule has 0 spiro atoms. The minimum atomic E-state index is -0.115. The maximum absolute atomic E-state index is 11.8. The van der Waals surface area contributed by atoms with Crippen molar-refractivity contribution >= 4 is 17.7 Å². The van der Waals surface area contributed by atoms with E-state index < -0.39 is 0 Å². The fourth-order valence-corrected chi connectivity index (χ4v) is 1.69. The molecule has 1 rings (SSSR count). The van der Waals surface area contributed by atoms with Gasteiger partial charge in [-0.05, 0) is 30.9 Å². The zero-order chi connectivity index (χ0) is 12.7. The highest BCUT2D eigenvalue weighted by molar-refractivity contribution is 7.99. The molecule has 1 aromatic rings. The Balaban J connectivity index is 2.50. The average Bonchev–Trinajstić information content (AvgIpc) is 2.38. The van der Waals surface area contributed by atoms with E-state index in [0.717, 1.165) is 6.42 Å². The molecule has 0 saturated carbocycles. The lowest BCUT2D eigenvalue weighted by molar-refractivity contribution is 0.0953. The third-order valence-corrected chi connectivity index (χ3v) is 3.53. The van der Waals surface area contributed by atoms with E-state index in [-0.39, 0.29) is 5.91 Å². The van der Waals surface area contributed by atoms with Crippen LogP contribution in [0.3, 0.4) is 0 Å². The highest BCUT2D eigenvalue weighted by atomic mass is 32.2. The monoisotopic (exact) mass is 248 g/mol. The molecule has 0 aliphatic heterocycles. The smallest absolute Gasteiger partial charge is 0.251 e. The molecule has 0 aliphatic carbocycles. The molecule has 0 heterocycles. The Morgan fingerprint density at radius 3 is 3.00 bits per heavy atom. The first-order chi connectivity index (χ1) is 8.17. The Morgan fingerprint density at radius 1 is 1.59 bits per heavy atom. The number of amides is 1. The first-order valence-corrected chi connectivity index (χ1v) is 6.77. The number of benzene rings is 1. The Labute approximate surface area is 106 Å². The van der Waals surface area contributed by atoms with Gasteiger partial charge in [0.15, 0.2) is 0 Å². The van der Waals surface area contributed by atoms with Gasteiger partial charge in [-0.15, -0.1) is 0 Å². The summed E-state index contributed by atoms with van der Waals surface area (Å²) in [6, 6.07) is 8.75. The van der Waals surface area contributed by atoms with Gasteiger partial charge in [0.05, 0.1) is 11.6 Å². The van der Waals surface area contributed by atoms with Gasteiger partial charge in [0.25, 0.3) is 5.91 Å². The Bertz CT molecular complexity index is 426. The number of carbonyl (C=O) groups is 1. The summed E-state index contributed by atoms with van der Waals surface area (Å²) in [5.41, 5.74) is 1.05. The highest BCUT2D eigenvalue weighted by Gasteiger charge is 2.06. The van der Waals surface area contributed by atoms with Gasteiger partial charge in [-0.25, -0.2) is 0 Å². The predicted octanol–water partition coefficient (Wildman–Crippen LogP) is 2.43. The van der Waals surface area contributed by atoms with Gasteiger partial charge >= 0.3 is 0 Å². The molecule has 0 bridgehead atoms. The van der Waals surface area contributed by atoms with E-state index in [1.807, 2.05) is 6.07 Å². The topological polar surface area (TPSA) is 52.9 Å². The minimum Gasteiger partial charge on any atom is -0.352 e. The summed E-state index contributed by atoms with van der Waals surface area (Å²) in [6.07, 6.45) is 3.01. The molecule has 4 heteroatoms. The number of nitrogens with zero attached hydrogens (tertiary/aromatic N) is 1. The van der Waals surface area contributed by atoms with Crippen molar-refractivity contribution in [3.8, 4) is 6.07 Å². The second-order valence-electron chi connectivity index (χ2n) is 3.78. The summed E-state index contributed by atoms with van der Waals surface area (Å²) in [6.45, 7) is 2.80. The average molecular weight is 248 g/mol. The molecule has 0 radical (unpaired) electrons. The van der Waals surface area contributed by atoms with Crippen LogP contribution in [-0.4, -0.2) is 24.0 Å². The summed E-state index contributed by atoms with van der Waals surface area (Å²) in [5, 5.41) is 12.1. The third kappa shape index (κ3) is 4.49. The first-order valence-electron chi connectivity index (χ1n) is 5.48. The van der Waals surface area contributed by atoms with Crippen LogP contribution in [0, 0.1) is 11.3 Å². The number of rotatable bonds is 5. The van der Waals surface area contributed by atoms with Crippen LogP contribution >= 0.6 is 11.8 Å². The SMILES string of the molecule is CSC(C)CCNC(=O)c1cccc(C#N)c1. The lowest BCUT2D eigenvalue weighted by Gasteiger charge is -2.09. The molecule has 1 atom stereocenters. The minimum absolute atomic E-state index is 0.115. The van der Waals surface area contributed by atoms with Gasteiger partial charge < -0.3 is 5.32 Å². The standard InChI is InChI=1S/C13H16N2OS/c1-10(17-2)6-7-15-13(16)12-5-3-4-11(8-12)9-14/h3-5,8,10H,6-7H2,1-2H3,(H,15,16). The van der Waals surface area contributed by atoms with Crippen molar-refractivity contribution in [2.45, 2.75) is 18.6 Å². The second-order valence-corrected chi connectivity index (χ2v) is 5.06. The maximum Gasteiger partial charge on any atom is 0.251 e. The summed E-state index contributed by atoms with van der Waals surface area (Å²) < 4.78 is 0. The lowest BCUT2D eigenvalue weighted by atomic mass is 10.1. The number of carbonyl (C=O) groups excluding carboxylic acids is 1. The summed E-state index contributed by atoms with van der Waals surface area (Å²) in [4.78, 5) is 11.8. The zero-order valence-corrected chi connectivity index (χ0v) is 10.9. The molecule has 0 saturated heterocycles. The quantitative estimate of drug-likeness (QED) is 0.870. The number of thioether (sulfide) groups is 1. The Hall–Kier alpha value is -1.47. The van der Waals surface area contributed by atoms with Crippen molar-refractivity contribution < 1.29 is 4.79 Å². The molecular formula is C13H16N2OS. The lowest BCUT2D eigenvalue weighted by Crippen LogP contribution is -2.26. The Morgan fingerprint density at radius 2 is 2.35 bits per heavy atom. The van der Waals surface area contributed by atoms with Crippen LogP contribution in [0.25, 0.3) is 0 Å². The fourth-order valence-electron chi connectivity index (χ4n) is 1.34. The first kappa shape index (κ1) is 13.6. The largest absolute Gasteiger partial charge is 0.352 e. The van der Waals surface area contributed by atoms with Crippen LogP contribution in [0.4, 0.5) is 0 Å². The van der Waals surface area contributed by atoms with Crippen molar-refractivity contribution in [2.75, 3.05) is 12.8 Å². The summed E-state index contributed by atoms with van der Waals surface area (Å²) in [5.74, 6) is -0.115. The molecule has 1 amide bonds. The van der Waals surface area contributed by atoms with E-state index in [0.29, 0.717) is 22.9 Å². The van der Waals surface area contributed by atoms with Crippen LogP contribution in [0.1, 0.15) is 29.3 Å². The normalized spacial score (nSPS) is 11.6. The molecule has 3 nitrogen and oxygen atoms in total. The number of hydrogen-bond donors (Lipinski definition) is 1. The highest BCUT2D eigenvalue weighted by Crippen LogP contribution is 2.08. The molecule has 0 aliphatic rings. The van der Waals surface area contributed by atoms with Crippen LogP contribution < -0.4 is 5.32 Å². The van der Waals surface area contributed by atoms with Gasteiger partial charge in [0, 0.05) is 17.4 Å². The van der Waals surface area contributed by atoms with Crippen LogP contribution in [-0.2, 0) is 0 Å². The summed E-state index contributed by atoms with van der Waals surface area (Å²) in [7, 11) is 0. The molecular weight excluding hydrogens is 232 g/mol. The molecule has 0 aromatic heterocycles. The zero-order valence-electron chi connectivity index (χ0n) is 10.1. The molecule has 1 unspecified atom stereocenters. The predicted molar refractivity (Wildman–Crippen MR) is 71.1 cm³/mol. The maximum atomic E-state index is 11.8. The molecule has 90 valence electrons. The Kier molecular flexibility index (Phi) is 5.58. The van der Waals surface area contributed by atoms with Crippen LogP contribution in [0.5, 0.6) is 0 Å². The van der Waals surface area contributed by atoms with Crippen LogP contribution in [0.2, 0.25) is 0 Å². The van der Waals surface area contributed by atoms with E-state index in [2.05, 4.69) is 18.5 Å². The van der Waals surface area contributed by atoms with E-state index >= 15 is 0 Å². The fraction of sp³-hybridized carbons (Fsp3) is 0.385. The third-order valence-electron chi connectivity index (χ3n) is 2.49. The molecule has 0 fully saturated rings. The van der Waals surface area contributed by atoms with Crippen LogP contribution in [0.15, 0.2) is 24.3 Å². The molecule has 1 N–H and O–H groups in total. The second kappa shape index (κ2) is 6.97. The van der Waals surface area contributed by atoms with Gasteiger partial charge in [-0.3, -0.25) is 4.79 Å². The van der Waals surface area contributed by atoms with Gasteiger partial charge in [0.2, 0.25) is 0 Å². The molecule has 1 aromatic carbocycles. The van der Waals surface area contributed by atoms with Crippen molar-refractivity contribution in [1.29, 1.82) is 5.26 Å². The van der Waals surface area contributed by atoms with Crippen molar-refractivity contribution in [3.63, 3.8) is 0 Å². The van der Waals surface area contributed by atoms with E-state index in [1.54, 1.807) is 36.0 Å². The number of hydrogen-bond acceptors (Lipinski definition) is 3. The van der Waals surface area contributed by atoms with Crippen molar-refractivity contribution in [3.05, 3.63) is 35.4 Å². The van der Waals surface area contributed by atoms with Crippen molar-refractivity contribution in [1.82, 2.24) is 5.32 Å². The van der Waals surface area contributed by atoms with E-state index in [4.69, 9.17) is 5.26 Å². The number of nitrogens with one attached hydrogen (secondary N) is 1. The van der Waals surface area contributed by atoms with Gasteiger partial charge in [-0.1, -0.05) is 13.0 Å².